The van der Waals surface area contributed by atoms with Crippen molar-refractivity contribution in [2.75, 3.05) is 12.8 Å². The quantitative estimate of drug-likeness (QED) is 0.466. The van der Waals surface area contributed by atoms with E-state index in [1.165, 1.54) is 23.9 Å². The van der Waals surface area contributed by atoms with Gasteiger partial charge in [-0.3, -0.25) is 9.36 Å². The van der Waals surface area contributed by atoms with Crippen LogP contribution >= 0.6 is 11.8 Å². The number of nitrogens with zero attached hydrogens (tertiary/aromatic N) is 5. The Bertz CT molecular complexity index is 1130. The maximum absolute atomic E-state index is 13.4. The van der Waals surface area contributed by atoms with Crippen molar-refractivity contribution in [2.45, 2.75) is 49.3 Å². The molecule has 0 N–H and O–H groups in total. The van der Waals surface area contributed by atoms with Crippen LogP contribution in [-0.4, -0.2) is 43.9 Å². The average molecular weight is 464 g/mol. The van der Waals surface area contributed by atoms with Crippen molar-refractivity contribution in [2.24, 2.45) is 0 Å². The number of amides is 1. The molecular formula is C25H26FN5OS. The van der Waals surface area contributed by atoms with Crippen LogP contribution in [-0.2, 0) is 11.3 Å². The number of benzene rings is 2. The Balaban J connectivity index is 1.56. The zero-order valence-corrected chi connectivity index (χ0v) is 19.4. The van der Waals surface area contributed by atoms with E-state index in [1.807, 2.05) is 34.9 Å². The van der Waals surface area contributed by atoms with Gasteiger partial charge in [-0.15, -0.1) is 10.2 Å². The van der Waals surface area contributed by atoms with Crippen LogP contribution in [0, 0.1) is 17.1 Å². The molecule has 0 saturated heterocycles. The van der Waals surface area contributed by atoms with E-state index in [2.05, 4.69) is 16.3 Å². The van der Waals surface area contributed by atoms with Gasteiger partial charge in [-0.25, -0.2) is 4.39 Å². The van der Waals surface area contributed by atoms with E-state index in [0.29, 0.717) is 17.5 Å². The van der Waals surface area contributed by atoms with Crippen molar-refractivity contribution >= 4 is 17.7 Å². The number of nitriles is 1. The van der Waals surface area contributed by atoms with Crippen LogP contribution < -0.4 is 0 Å². The number of thioether (sulfide) groups is 1. The highest BCUT2D eigenvalue weighted by Gasteiger charge is 2.38. The largest absolute Gasteiger partial charge is 0.326 e. The minimum atomic E-state index is -0.715. The van der Waals surface area contributed by atoms with Crippen LogP contribution in [0.3, 0.4) is 0 Å². The molecule has 0 radical (unpaired) electrons. The van der Waals surface area contributed by atoms with E-state index < -0.39 is 5.54 Å². The van der Waals surface area contributed by atoms with Gasteiger partial charge in [-0.2, -0.15) is 5.26 Å². The molecule has 1 aromatic heterocycles. The smallest absolute Gasteiger partial charge is 0.234 e. The van der Waals surface area contributed by atoms with Crippen molar-refractivity contribution in [3.05, 3.63) is 66.0 Å². The van der Waals surface area contributed by atoms with E-state index in [1.54, 1.807) is 24.1 Å². The highest BCUT2D eigenvalue weighted by molar-refractivity contribution is 7.99. The molecule has 33 heavy (non-hydrogen) atoms. The van der Waals surface area contributed by atoms with Crippen molar-refractivity contribution in [1.82, 2.24) is 19.7 Å². The Kier molecular flexibility index (Phi) is 7.09. The minimum absolute atomic E-state index is 0.0963. The van der Waals surface area contributed by atoms with Crippen LogP contribution in [0.15, 0.2) is 59.8 Å². The Morgan fingerprint density at radius 3 is 2.48 bits per heavy atom. The first-order chi connectivity index (χ1) is 16.0. The summed E-state index contributed by atoms with van der Waals surface area (Å²) in [5.41, 5.74) is 1.10. The molecule has 0 unspecified atom stereocenters. The van der Waals surface area contributed by atoms with Crippen LogP contribution in [0.4, 0.5) is 4.39 Å². The molecule has 4 rings (SSSR count). The fourth-order valence-corrected chi connectivity index (χ4v) is 5.09. The molecule has 6 nitrogen and oxygen atoms in total. The monoisotopic (exact) mass is 463 g/mol. The predicted molar refractivity (Wildman–Crippen MR) is 126 cm³/mol. The lowest BCUT2D eigenvalue weighted by Gasteiger charge is -2.39. The molecule has 8 heteroatoms. The van der Waals surface area contributed by atoms with E-state index in [9.17, 15) is 14.4 Å². The van der Waals surface area contributed by atoms with Gasteiger partial charge >= 0.3 is 0 Å². The number of aromatic nitrogens is 3. The second-order valence-corrected chi connectivity index (χ2v) is 9.27. The summed E-state index contributed by atoms with van der Waals surface area (Å²) in [4.78, 5) is 14.6. The fourth-order valence-electron chi connectivity index (χ4n) is 4.24. The molecular weight excluding hydrogens is 437 g/mol. The summed E-state index contributed by atoms with van der Waals surface area (Å²) in [6.45, 7) is 0.523. The maximum atomic E-state index is 13.4. The maximum Gasteiger partial charge on any atom is 0.234 e. The van der Waals surface area contributed by atoms with E-state index in [4.69, 9.17) is 0 Å². The molecule has 1 amide bonds. The van der Waals surface area contributed by atoms with Gasteiger partial charge in [0.25, 0.3) is 0 Å². The third-order valence-corrected chi connectivity index (χ3v) is 7.18. The number of rotatable bonds is 7. The highest BCUT2D eigenvalue weighted by atomic mass is 32.2. The first kappa shape index (κ1) is 23.0. The first-order valence-corrected chi connectivity index (χ1v) is 12.0. The number of carbonyl (C=O) groups is 1. The van der Waals surface area contributed by atoms with Crippen LogP contribution in [0.2, 0.25) is 0 Å². The normalized spacial score (nSPS) is 15.1. The van der Waals surface area contributed by atoms with Crippen molar-refractivity contribution in [1.29, 1.82) is 5.26 Å². The van der Waals surface area contributed by atoms with Gasteiger partial charge in [0.15, 0.2) is 11.0 Å². The predicted octanol–water partition coefficient (Wildman–Crippen LogP) is 4.91. The summed E-state index contributed by atoms with van der Waals surface area (Å²) in [6.07, 6.45) is 4.47. The van der Waals surface area contributed by atoms with Gasteiger partial charge in [0.05, 0.1) is 18.4 Å². The van der Waals surface area contributed by atoms with Crippen LogP contribution in [0.25, 0.3) is 11.4 Å². The Hall–Kier alpha value is -3.18. The van der Waals surface area contributed by atoms with Gasteiger partial charge in [0, 0.05) is 12.6 Å². The number of carbonyl (C=O) groups excluding carboxylic acids is 1. The van der Waals surface area contributed by atoms with E-state index >= 15 is 0 Å². The number of hydrogen-bond acceptors (Lipinski definition) is 5. The second kappa shape index (κ2) is 10.2. The van der Waals surface area contributed by atoms with Gasteiger partial charge in [-0.1, -0.05) is 61.4 Å². The summed E-state index contributed by atoms with van der Waals surface area (Å²) in [6, 6.07) is 18.5. The lowest BCUT2D eigenvalue weighted by atomic mass is 9.81. The fraction of sp³-hybridized carbons (Fsp3) is 0.360. The van der Waals surface area contributed by atoms with Gasteiger partial charge < -0.3 is 4.90 Å². The first-order valence-electron chi connectivity index (χ1n) is 11.1. The number of halogens is 1. The molecule has 1 aliphatic carbocycles. The standard InChI is InChI=1S/C25H26FN5OS/c1-30(25(18-27)14-6-3-7-15-25)22(32)17-33-24-29-28-23(20-10-12-21(26)13-11-20)31(24)16-19-8-4-2-5-9-19/h2,4-5,8-13H,3,6-7,14-17H2,1H3. The molecule has 2 aromatic carbocycles. The summed E-state index contributed by atoms with van der Waals surface area (Å²) in [7, 11) is 1.73. The van der Waals surface area contributed by atoms with Crippen molar-refractivity contribution in [3.63, 3.8) is 0 Å². The van der Waals surface area contributed by atoms with E-state index in [0.717, 1.165) is 43.2 Å². The Morgan fingerprint density at radius 1 is 1.12 bits per heavy atom. The van der Waals surface area contributed by atoms with Gasteiger partial charge in [0.2, 0.25) is 5.91 Å². The highest BCUT2D eigenvalue weighted by Crippen LogP contribution is 2.33. The lowest BCUT2D eigenvalue weighted by Crippen LogP contribution is -2.50. The van der Waals surface area contributed by atoms with Crippen LogP contribution in [0.1, 0.15) is 37.7 Å². The van der Waals surface area contributed by atoms with E-state index in [-0.39, 0.29) is 17.5 Å². The molecule has 0 aliphatic heterocycles. The summed E-state index contributed by atoms with van der Waals surface area (Å²) < 4.78 is 15.4. The molecule has 1 aliphatic rings. The molecule has 1 heterocycles. The number of hydrogen-bond donors (Lipinski definition) is 0. The third-order valence-electron chi connectivity index (χ3n) is 6.23. The zero-order valence-electron chi connectivity index (χ0n) is 18.6. The molecule has 0 bridgehead atoms. The molecule has 3 aromatic rings. The molecule has 1 saturated carbocycles. The summed E-state index contributed by atoms with van der Waals surface area (Å²) >= 11 is 1.31. The second-order valence-electron chi connectivity index (χ2n) is 8.33. The third kappa shape index (κ3) is 5.09. The molecule has 170 valence electrons. The minimum Gasteiger partial charge on any atom is -0.326 e. The topological polar surface area (TPSA) is 74.8 Å². The summed E-state index contributed by atoms with van der Waals surface area (Å²) in [5.74, 6) is 0.366. The zero-order chi connectivity index (χ0) is 23.3. The molecule has 0 atom stereocenters. The SMILES string of the molecule is CN(C(=O)CSc1nnc(-c2ccc(F)cc2)n1Cc1ccccc1)C1(C#N)CCCCC1. The molecule has 0 spiro atoms. The van der Waals surface area contributed by atoms with Crippen LogP contribution in [0.5, 0.6) is 0 Å². The average Bonchev–Trinajstić information content (AvgIpc) is 3.25. The van der Waals surface area contributed by atoms with Gasteiger partial charge in [0.1, 0.15) is 11.4 Å². The lowest BCUT2D eigenvalue weighted by molar-refractivity contribution is -0.131. The van der Waals surface area contributed by atoms with Crippen molar-refractivity contribution < 1.29 is 9.18 Å². The van der Waals surface area contributed by atoms with Gasteiger partial charge in [-0.05, 0) is 42.7 Å². The Labute approximate surface area is 197 Å². The molecule has 1 fully saturated rings. The Morgan fingerprint density at radius 2 is 1.82 bits per heavy atom. The van der Waals surface area contributed by atoms with Crippen molar-refractivity contribution in [3.8, 4) is 17.5 Å². The summed E-state index contributed by atoms with van der Waals surface area (Å²) in [5, 5.41) is 19.1.